The Hall–Kier alpha value is -2.19. The summed E-state index contributed by atoms with van der Waals surface area (Å²) in [4.78, 5) is 28.4. The van der Waals surface area contributed by atoms with Gasteiger partial charge in [0.25, 0.3) is 0 Å². The number of nitrogens with zero attached hydrogens (tertiary/aromatic N) is 4. The summed E-state index contributed by atoms with van der Waals surface area (Å²) < 4.78 is 0.974. The van der Waals surface area contributed by atoms with Crippen LogP contribution in [0.3, 0.4) is 0 Å². The molecule has 2 aromatic heterocycles. The molecule has 1 amide bonds. The second kappa shape index (κ2) is 8.51. The lowest BCUT2D eigenvalue weighted by atomic mass is 10.00. The number of piperidine rings is 1. The smallest absolute Gasteiger partial charge is 0.234 e. The van der Waals surface area contributed by atoms with Crippen LogP contribution in [-0.4, -0.2) is 39.7 Å². The minimum Gasteiger partial charge on any atom is -0.348 e. The molecule has 156 valence electrons. The third kappa shape index (κ3) is 4.16. The molecule has 0 atom stereocenters. The van der Waals surface area contributed by atoms with Crippen molar-refractivity contribution in [2.75, 3.05) is 29.1 Å². The van der Waals surface area contributed by atoms with Gasteiger partial charge in [-0.25, -0.2) is 9.97 Å². The fourth-order valence-electron chi connectivity index (χ4n) is 4.14. The van der Waals surface area contributed by atoms with Gasteiger partial charge in [0.05, 0.1) is 5.75 Å². The number of thiazole rings is 1. The van der Waals surface area contributed by atoms with E-state index >= 15 is 0 Å². The van der Waals surface area contributed by atoms with E-state index in [1.165, 1.54) is 42.2 Å². The molecule has 1 fully saturated rings. The van der Waals surface area contributed by atoms with Crippen LogP contribution < -0.4 is 10.2 Å². The molecule has 0 spiro atoms. The number of aryl methyl sites for hydroxylation is 2. The maximum Gasteiger partial charge on any atom is 0.234 e. The normalized spacial score (nSPS) is 16.8. The molecule has 3 heterocycles. The van der Waals surface area contributed by atoms with Crippen LogP contribution in [0.1, 0.15) is 37.3 Å². The van der Waals surface area contributed by atoms with Crippen molar-refractivity contribution < 1.29 is 4.79 Å². The molecule has 0 unspecified atom stereocenters. The first-order valence-corrected chi connectivity index (χ1v) is 12.4. The van der Waals surface area contributed by atoms with Gasteiger partial charge in [-0.1, -0.05) is 36.1 Å². The Morgan fingerprint density at radius 2 is 2.07 bits per heavy atom. The van der Waals surface area contributed by atoms with E-state index in [1.807, 2.05) is 6.07 Å². The number of aromatic nitrogens is 3. The zero-order chi connectivity index (χ0) is 20.5. The Morgan fingerprint density at radius 1 is 1.23 bits per heavy atom. The monoisotopic (exact) mass is 439 g/mol. The van der Waals surface area contributed by atoms with E-state index in [0.717, 1.165) is 58.0 Å². The summed E-state index contributed by atoms with van der Waals surface area (Å²) in [5, 5.41) is 4.87. The molecule has 1 aromatic carbocycles. The number of amides is 1. The third-order valence-corrected chi connectivity index (χ3v) is 8.15. The Balaban J connectivity index is 1.25. The molecule has 0 saturated carbocycles. The van der Waals surface area contributed by atoms with Gasteiger partial charge in [0, 0.05) is 18.8 Å². The van der Waals surface area contributed by atoms with Crippen molar-refractivity contribution in [1.82, 2.24) is 15.0 Å². The summed E-state index contributed by atoms with van der Waals surface area (Å²) >= 11 is 3.09. The van der Waals surface area contributed by atoms with Crippen molar-refractivity contribution in [1.29, 1.82) is 0 Å². The number of nitrogens with one attached hydrogen (secondary N) is 1. The number of hydrogen-bond acceptors (Lipinski definition) is 7. The van der Waals surface area contributed by atoms with Crippen LogP contribution in [0.5, 0.6) is 0 Å². The van der Waals surface area contributed by atoms with Gasteiger partial charge in [0.15, 0.2) is 10.8 Å². The van der Waals surface area contributed by atoms with E-state index in [0.29, 0.717) is 5.75 Å². The van der Waals surface area contributed by atoms with Gasteiger partial charge in [-0.3, -0.25) is 4.79 Å². The number of benzene rings is 1. The molecule has 0 radical (unpaired) electrons. The van der Waals surface area contributed by atoms with E-state index in [9.17, 15) is 4.79 Å². The molecule has 8 heteroatoms. The lowest BCUT2D eigenvalue weighted by molar-refractivity contribution is -0.113. The highest BCUT2D eigenvalue weighted by Gasteiger charge is 2.21. The van der Waals surface area contributed by atoms with Crippen LogP contribution in [0.4, 0.5) is 10.8 Å². The summed E-state index contributed by atoms with van der Waals surface area (Å²) in [6.07, 6.45) is 7.41. The zero-order valence-corrected chi connectivity index (χ0v) is 18.7. The van der Waals surface area contributed by atoms with Crippen LogP contribution in [0.2, 0.25) is 0 Å². The zero-order valence-electron chi connectivity index (χ0n) is 17.1. The topological polar surface area (TPSA) is 71.0 Å². The minimum absolute atomic E-state index is 0.0144. The number of rotatable bonds is 5. The summed E-state index contributed by atoms with van der Waals surface area (Å²) in [6, 6.07) is 6.26. The predicted octanol–water partition coefficient (Wildman–Crippen LogP) is 4.54. The predicted molar refractivity (Wildman–Crippen MR) is 124 cm³/mol. The van der Waals surface area contributed by atoms with E-state index in [-0.39, 0.29) is 5.91 Å². The van der Waals surface area contributed by atoms with Crippen LogP contribution in [-0.2, 0) is 17.6 Å². The fraction of sp³-hybridized carbons (Fsp3) is 0.455. The van der Waals surface area contributed by atoms with Crippen LogP contribution in [0, 0.1) is 5.92 Å². The maximum absolute atomic E-state index is 12.5. The summed E-state index contributed by atoms with van der Waals surface area (Å²) in [7, 11) is 0. The van der Waals surface area contributed by atoms with Crippen LogP contribution >= 0.6 is 23.1 Å². The Kier molecular flexibility index (Phi) is 5.60. The van der Waals surface area contributed by atoms with Crippen LogP contribution in [0.15, 0.2) is 29.6 Å². The van der Waals surface area contributed by atoms with E-state index in [4.69, 9.17) is 4.98 Å². The largest absolute Gasteiger partial charge is 0.348 e. The highest BCUT2D eigenvalue weighted by molar-refractivity contribution is 8.00. The first-order chi connectivity index (χ1) is 14.7. The molecule has 0 bridgehead atoms. The number of anilines is 2. The highest BCUT2D eigenvalue weighted by atomic mass is 32.2. The number of fused-ring (bicyclic) bond motifs is 2. The molecule has 30 heavy (non-hydrogen) atoms. The minimum atomic E-state index is -0.0144. The van der Waals surface area contributed by atoms with Crippen molar-refractivity contribution in [2.45, 2.75) is 44.1 Å². The van der Waals surface area contributed by atoms with Crippen LogP contribution in [0.25, 0.3) is 10.3 Å². The third-order valence-electron chi connectivity index (χ3n) is 5.92. The maximum atomic E-state index is 12.5. The number of thioether (sulfide) groups is 1. The summed E-state index contributed by atoms with van der Waals surface area (Å²) in [6.45, 7) is 4.39. The van der Waals surface area contributed by atoms with Crippen molar-refractivity contribution >= 4 is 50.2 Å². The van der Waals surface area contributed by atoms with Gasteiger partial charge in [0.2, 0.25) is 5.91 Å². The first kappa shape index (κ1) is 19.8. The Bertz CT molecular complexity index is 1070. The SMILES string of the molecule is CC1CCN(c2nc3ncnc(SCC(=O)Nc4ccc5c(c4)CCC5)c3s2)CC1. The molecule has 1 saturated heterocycles. The standard InChI is InChI=1S/C22H25N5OS2/c1-14-7-9-27(10-8-14)22-26-20-19(30-22)21(24-13-23-20)29-12-18(28)25-17-6-5-15-3-2-4-16(15)11-17/h5-6,11,13-14H,2-4,7-10,12H2,1H3,(H,25,28). The van der Waals surface area contributed by atoms with Gasteiger partial charge in [-0.05, 0) is 61.3 Å². The van der Waals surface area contributed by atoms with Crippen molar-refractivity contribution in [3.8, 4) is 0 Å². The summed E-state index contributed by atoms with van der Waals surface area (Å²) in [5.41, 5.74) is 4.39. The first-order valence-electron chi connectivity index (χ1n) is 10.6. The van der Waals surface area contributed by atoms with Gasteiger partial charge >= 0.3 is 0 Å². The second-order valence-corrected chi connectivity index (χ2v) is 10.1. The molecular weight excluding hydrogens is 414 g/mol. The molecule has 6 nitrogen and oxygen atoms in total. The molecule has 1 N–H and O–H groups in total. The fourth-order valence-corrected chi connectivity index (χ4v) is 6.08. The van der Waals surface area contributed by atoms with Crippen molar-refractivity contribution in [3.05, 3.63) is 35.7 Å². The Labute approximate surface area is 184 Å². The lowest BCUT2D eigenvalue weighted by Crippen LogP contribution is -2.32. The molecular formula is C22H25N5OS2. The molecule has 2 aliphatic rings. The van der Waals surface area contributed by atoms with Gasteiger partial charge in [0.1, 0.15) is 16.1 Å². The van der Waals surface area contributed by atoms with Gasteiger partial charge < -0.3 is 10.2 Å². The number of carbonyl (C=O) groups is 1. The van der Waals surface area contributed by atoms with E-state index in [2.05, 4.69) is 39.2 Å². The summed E-state index contributed by atoms with van der Waals surface area (Å²) in [5.74, 6) is 1.09. The van der Waals surface area contributed by atoms with E-state index < -0.39 is 0 Å². The molecule has 1 aliphatic heterocycles. The lowest BCUT2D eigenvalue weighted by Gasteiger charge is -2.29. The van der Waals surface area contributed by atoms with E-state index in [1.54, 1.807) is 17.7 Å². The van der Waals surface area contributed by atoms with Gasteiger partial charge in [-0.15, -0.1) is 0 Å². The number of hydrogen-bond donors (Lipinski definition) is 1. The average Bonchev–Trinajstić information content (AvgIpc) is 3.39. The molecule has 1 aliphatic carbocycles. The second-order valence-electron chi connectivity index (χ2n) is 8.17. The van der Waals surface area contributed by atoms with Crippen molar-refractivity contribution in [2.24, 2.45) is 5.92 Å². The average molecular weight is 440 g/mol. The Morgan fingerprint density at radius 3 is 2.93 bits per heavy atom. The highest BCUT2D eigenvalue weighted by Crippen LogP contribution is 2.35. The van der Waals surface area contributed by atoms with Crippen molar-refractivity contribution in [3.63, 3.8) is 0 Å². The molecule has 5 rings (SSSR count). The van der Waals surface area contributed by atoms with Gasteiger partial charge in [-0.2, -0.15) is 4.98 Å². The molecule has 3 aromatic rings. The quantitative estimate of drug-likeness (QED) is 0.465. The number of carbonyl (C=O) groups excluding carboxylic acids is 1.